The van der Waals surface area contributed by atoms with Crippen molar-refractivity contribution in [2.24, 2.45) is 0 Å². The number of phenols is 3. The number of aromatic hydroxyl groups is 3. The molecule has 14 rings (SSSR count). The van der Waals surface area contributed by atoms with Crippen molar-refractivity contribution < 1.29 is 63.3 Å². The zero-order valence-electron chi connectivity index (χ0n) is 55.0. The number of ether oxygens (including phenoxy) is 5. The first-order valence-corrected chi connectivity index (χ1v) is 39.0. The highest BCUT2D eigenvalue weighted by molar-refractivity contribution is 8.26. The summed E-state index contributed by atoms with van der Waals surface area (Å²) in [5, 5.41) is 57.6. The molecule has 542 valence electrons. The van der Waals surface area contributed by atoms with Crippen LogP contribution in [-0.2, 0) is 23.4 Å². The Kier molecular flexibility index (Phi) is 35.5. The minimum atomic E-state index is -1.67. The fraction of sp³-hybridized carbons (Fsp3) is 0.156. The number of alkyl halides is 2. The number of fused-ring (bicyclic) bond motifs is 8. The number of hydrogen-bond acceptors (Lipinski definition) is 21. The Balaban J connectivity index is 0.000000188. The molecule has 10 aromatic carbocycles. The lowest BCUT2D eigenvalue weighted by atomic mass is 10.2. The lowest BCUT2D eigenvalue weighted by Crippen LogP contribution is -2.12. The standard InChI is InChI=1S/C30H22O5S2.2C13H8O2S.C7H6O2S.C6H6O.C4H8Cl2O.C4H10O3.Cl2OS/c31-29-21-5-1-4-8-26(21)37-28-18-20(9-11-23(28)29)35-16-14-33-13-15-34-19-10-12-27-24(17-19)30(32)22-6-2-3-7-25(22)36-27;2*14-8-5-6-12-10(7-8)13(15)9-3-1-2-4-11(9)16-12;8-7(9)5-3-1-2-4-6(5)10;7-6-4-2-1-3-5-6;2*5-1-3-7-4-2-6;1-4(2)3/h1-12,17-18H,13-16H2;2*1-7,14H;1-4,10H,(H,8,9);1-5,7H;1-4H2;5-6H,1-4H2;. The minimum absolute atomic E-state index is 0.0137. The molecular weight excluding hydrogens is 1530 g/mol. The molecule has 17 nitrogen and oxygen atoms in total. The molecule has 4 heterocycles. The molecule has 0 fully saturated rings. The predicted octanol–water partition coefficient (Wildman–Crippen LogP) is 17.4. The Morgan fingerprint density at radius 1 is 0.365 bits per heavy atom. The van der Waals surface area contributed by atoms with Gasteiger partial charge in [-0.05, 0) is 146 Å². The first-order valence-electron chi connectivity index (χ1n) is 31.4. The van der Waals surface area contributed by atoms with E-state index >= 15 is 0 Å². The van der Waals surface area contributed by atoms with Crippen molar-refractivity contribution >= 4 is 198 Å². The predicted molar refractivity (Wildman–Crippen MR) is 433 cm³/mol. The lowest BCUT2D eigenvalue weighted by Gasteiger charge is -2.10. The average Bonchev–Trinajstić information content (AvgIpc) is 0.804. The molecule has 27 heteroatoms. The van der Waals surface area contributed by atoms with Crippen LogP contribution >= 0.6 is 103 Å². The second kappa shape index (κ2) is 44.5. The molecule has 0 unspecified atom stereocenters. The molecule has 0 bridgehead atoms. The van der Waals surface area contributed by atoms with Gasteiger partial charge < -0.3 is 54.3 Å². The Morgan fingerprint density at radius 2 is 0.692 bits per heavy atom. The number of aliphatic hydroxyl groups is 2. The maximum atomic E-state index is 12.8. The first-order chi connectivity index (χ1) is 50.3. The molecule has 14 aromatic rings. The Bertz CT molecular complexity index is 5220. The summed E-state index contributed by atoms with van der Waals surface area (Å²) in [6, 6.07) is 66.7. The number of hydrogen-bond donors (Lipinski definition) is 7. The second-order valence-electron chi connectivity index (χ2n) is 21.1. The van der Waals surface area contributed by atoms with Crippen molar-refractivity contribution in [3.63, 3.8) is 0 Å². The van der Waals surface area contributed by atoms with E-state index < -0.39 is 15.2 Å². The molecule has 0 amide bonds. The van der Waals surface area contributed by atoms with E-state index in [9.17, 15) is 34.2 Å². The van der Waals surface area contributed by atoms with Gasteiger partial charge in [0, 0.05) is 119 Å². The van der Waals surface area contributed by atoms with Gasteiger partial charge in [-0.1, -0.05) is 78.9 Å². The Hall–Kier alpha value is -8.31. The summed E-state index contributed by atoms with van der Waals surface area (Å²) in [5.74, 6) is 2.10. The van der Waals surface area contributed by atoms with Gasteiger partial charge >= 0.3 is 5.97 Å². The van der Waals surface area contributed by atoms with E-state index in [0.29, 0.717) is 119 Å². The van der Waals surface area contributed by atoms with E-state index in [1.165, 1.54) is 18.2 Å². The van der Waals surface area contributed by atoms with Crippen molar-refractivity contribution in [2.45, 2.75) is 4.90 Å². The highest BCUT2D eigenvalue weighted by Crippen LogP contribution is 2.31. The Labute approximate surface area is 638 Å². The summed E-state index contributed by atoms with van der Waals surface area (Å²) in [6.45, 7) is 3.47. The van der Waals surface area contributed by atoms with E-state index in [2.05, 4.69) is 38.7 Å². The molecule has 0 saturated heterocycles. The summed E-state index contributed by atoms with van der Waals surface area (Å²) >= 11 is 20.8. The van der Waals surface area contributed by atoms with Crippen LogP contribution in [0.15, 0.2) is 249 Å². The number of carbonyl (C=O) groups is 1. The van der Waals surface area contributed by atoms with Gasteiger partial charge in [-0.15, -0.1) is 81.2 Å². The SMILES string of the molecule is ClCCOCCCl.O=C(O)c1ccccc1S.O=S(Cl)Cl.O=c1c2ccccc2sc2cc(OCCOCCOc3ccc4sc5ccccc5c(=O)c4c3)ccc12.O=c1c2ccccc2sc2ccc(O)cc12.O=c1c2ccccc2sc2ccc(O)cc12.OCCOCCO.Oc1ccccc1. The van der Waals surface area contributed by atoms with Crippen molar-refractivity contribution in [1.82, 2.24) is 0 Å². The number of rotatable bonds is 17. The summed E-state index contributed by atoms with van der Waals surface area (Å²) in [7, 11) is 7.36. The van der Waals surface area contributed by atoms with Crippen LogP contribution in [0.2, 0.25) is 0 Å². The van der Waals surface area contributed by atoms with E-state index in [0.717, 1.165) is 48.4 Å². The van der Waals surface area contributed by atoms with Crippen molar-refractivity contribution in [1.29, 1.82) is 0 Å². The van der Waals surface area contributed by atoms with Crippen LogP contribution in [0.4, 0.5) is 0 Å². The third-order valence-corrected chi connectivity index (χ3v) is 19.3. The molecule has 0 radical (unpaired) electrons. The molecule has 0 aliphatic carbocycles. The van der Waals surface area contributed by atoms with E-state index in [-0.39, 0.29) is 52.0 Å². The summed E-state index contributed by atoms with van der Waals surface area (Å²) < 4.78 is 43.4. The number of halogens is 4. The number of carboxylic acids is 1. The highest BCUT2D eigenvalue weighted by Gasteiger charge is 2.11. The fourth-order valence-corrected chi connectivity index (χ4v) is 14.1. The maximum Gasteiger partial charge on any atom is 0.336 e. The average molecular weight is 1600 g/mol. The van der Waals surface area contributed by atoms with Crippen molar-refractivity contribution in [3.8, 4) is 28.7 Å². The highest BCUT2D eigenvalue weighted by atomic mass is 36.0. The van der Waals surface area contributed by atoms with Gasteiger partial charge in [0.15, 0.2) is 21.7 Å². The van der Waals surface area contributed by atoms with E-state index in [4.69, 9.17) is 66.8 Å². The van der Waals surface area contributed by atoms with Crippen LogP contribution in [0.25, 0.3) is 80.7 Å². The van der Waals surface area contributed by atoms with Crippen LogP contribution in [0.3, 0.4) is 0 Å². The van der Waals surface area contributed by atoms with Gasteiger partial charge in [-0.2, -0.15) is 0 Å². The summed E-state index contributed by atoms with van der Waals surface area (Å²) in [4.78, 5) is 60.7. The molecule has 6 N–H and O–H groups in total. The quantitative estimate of drug-likeness (QED) is 0.0147. The van der Waals surface area contributed by atoms with Gasteiger partial charge in [-0.3, -0.25) is 19.2 Å². The van der Waals surface area contributed by atoms with Crippen LogP contribution in [0.5, 0.6) is 28.7 Å². The van der Waals surface area contributed by atoms with Crippen LogP contribution in [0.1, 0.15) is 10.4 Å². The van der Waals surface area contributed by atoms with Gasteiger partial charge in [-0.25, -0.2) is 9.00 Å². The third kappa shape index (κ3) is 25.8. The van der Waals surface area contributed by atoms with E-state index in [1.54, 1.807) is 118 Å². The number of aliphatic hydroxyl groups excluding tert-OH is 2. The molecule has 0 spiro atoms. The van der Waals surface area contributed by atoms with Crippen LogP contribution in [-0.4, -0.2) is 119 Å². The number of benzene rings is 10. The molecule has 104 heavy (non-hydrogen) atoms. The lowest BCUT2D eigenvalue weighted by molar-refractivity contribution is 0.0650. The number of para-hydroxylation sites is 1. The number of aromatic carboxylic acids is 1. The minimum Gasteiger partial charge on any atom is -0.508 e. The molecule has 0 aliphatic rings. The van der Waals surface area contributed by atoms with Gasteiger partial charge in [0.05, 0.1) is 58.4 Å². The fourth-order valence-electron chi connectivity index (χ4n) is 9.39. The largest absolute Gasteiger partial charge is 0.508 e. The normalized spacial score (nSPS) is 10.5. The Morgan fingerprint density at radius 3 is 1.09 bits per heavy atom. The van der Waals surface area contributed by atoms with Gasteiger partial charge in [0.25, 0.3) is 0 Å². The molecule has 0 aliphatic heterocycles. The van der Waals surface area contributed by atoms with Crippen LogP contribution < -0.4 is 31.2 Å². The van der Waals surface area contributed by atoms with Crippen molar-refractivity contribution in [2.75, 3.05) is 77.8 Å². The molecular formula is C77H68Cl4O17S6. The molecule has 4 aromatic heterocycles. The van der Waals surface area contributed by atoms with Crippen LogP contribution in [0, 0.1) is 0 Å². The van der Waals surface area contributed by atoms with Gasteiger partial charge in [0.1, 0.15) is 42.0 Å². The number of thiol groups is 1. The zero-order valence-corrected chi connectivity index (χ0v) is 63.0. The monoisotopic (exact) mass is 1600 g/mol. The first kappa shape index (κ1) is 83.0. The number of carboxylic acid groups (broad SMARTS) is 1. The zero-order chi connectivity index (χ0) is 74.8. The number of phenolic OH excluding ortho intramolecular Hbond substituents is 3. The molecule has 0 atom stereocenters. The topological polar surface area (TPSA) is 270 Å². The van der Waals surface area contributed by atoms with Crippen molar-refractivity contribution in [3.05, 3.63) is 271 Å². The van der Waals surface area contributed by atoms with E-state index in [1.807, 2.05) is 133 Å². The summed E-state index contributed by atoms with van der Waals surface area (Å²) in [5.41, 5.74) is 0.287. The third-order valence-electron chi connectivity index (χ3n) is 14.0. The smallest absolute Gasteiger partial charge is 0.336 e. The molecule has 0 saturated carbocycles. The van der Waals surface area contributed by atoms with Gasteiger partial charge in [0.2, 0.25) is 9.23 Å². The second-order valence-corrected chi connectivity index (χ2v) is 29.2. The maximum absolute atomic E-state index is 12.8. The summed E-state index contributed by atoms with van der Waals surface area (Å²) in [6.07, 6.45) is 0.